The molecule has 102 valence electrons. The van der Waals surface area contributed by atoms with Crippen LogP contribution in [-0.4, -0.2) is 36.5 Å². The van der Waals surface area contributed by atoms with Crippen LogP contribution in [0.5, 0.6) is 0 Å². The summed E-state index contributed by atoms with van der Waals surface area (Å²) >= 11 is 3.33. The van der Waals surface area contributed by atoms with E-state index in [4.69, 9.17) is 0 Å². The topological polar surface area (TPSA) is 32.3 Å². The van der Waals surface area contributed by atoms with Crippen LogP contribution in [-0.2, 0) is 0 Å². The van der Waals surface area contributed by atoms with Crippen LogP contribution in [0.15, 0.2) is 17.5 Å². The first kappa shape index (κ1) is 13.1. The molecule has 1 unspecified atom stereocenters. The van der Waals surface area contributed by atoms with Gasteiger partial charge in [-0.15, -0.1) is 22.7 Å². The Morgan fingerprint density at radius 1 is 1.53 bits per heavy atom. The van der Waals surface area contributed by atoms with E-state index in [1.165, 1.54) is 9.40 Å². The third-order valence-electron chi connectivity index (χ3n) is 3.66. The van der Waals surface area contributed by atoms with Crippen molar-refractivity contribution in [3.8, 4) is 0 Å². The number of nitrogens with zero attached hydrogens (tertiary/aromatic N) is 1. The van der Waals surface area contributed by atoms with E-state index >= 15 is 0 Å². The minimum absolute atomic E-state index is 0.199. The molecule has 0 saturated carbocycles. The molecule has 1 atom stereocenters. The molecule has 0 spiro atoms. The molecule has 1 aliphatic rings. The first-order valence-electron chi connectivity index (χ1n) is 6.78. The van der Waals surface area contributed by atoms with Crippen molar-refractivity contribution < 1.29 is 4.79 Å². The van der Waals surface area contributed by atoms with Gasteiger partial charge in [0.1, 0.15) is 0 Å². The van der Waals surface area contributed by atoms with Gasteiger partial charge in [-0.25, -0.2) is 0 Å². The Morgan fingerprint density at radius 3 is 3.11 bits per heavy atom. The molecule has 0 aliphatic carbocycles. The quantitative estimate of drug-likeness (QED) is 0.943. The molecule has 2 aromatic rings. The molecule has 3 nitrogen and oxygen atoms in total. The van der Waals surface area contributed by atoms with Crippen LogP contribution in [0.2, 0.25) is 0 Å². The number of rotatable bonds is 3. The van der Waals surface area contributed by atoms with Gasteiger partial charge in [0.15, 0.2) is 0 Å². The Kier molecular flexibility index (Phi) is 3.86. The van der Waals surface area contributed by atoms with Gasteiger partial charge in [-0.05, 0) is 43.8 Å². The van der Waals surface area contributed by atoms with Gasteiger partial charge in [-0.2, -0.15) is 0 Å². The van der Waals surface area contributed by atoms with Crippen molar-refractivity contribution >= 4 is 38.0 Å². The fourth-order valence-corrected chi connectivity index (χ4v) is 4.74. The molecule has 0 bridgehead atoms. The molecule has 0 aromatic carbocycles. The summed E-state index contributed by atoms with van der Waals surface area (Å²) in [5, 5.41) is 5.47. The second kappa shape index (κ2) is 5.61. The maximum Gasteiger partial charge on any atom is 0.264 e. The van der Waals surface area contributed by atoms with Crippen LogP contribution in [0, 0.1) is 0 Å². The lowest BCUT2D eigenvalue weighted by atomic mass is 10.1. The van der Waals surface area contributed by atoms with E-state index in [0.717, 1.165) is 37.4 Å². The molecule has 5 heteroatoms. The molecule has 3 rings (SSSR count). The van der Waals surface area contributed by atoms with Gasteiger partial charge in [0.2, 0.25) is 0 Å². The second-order valence-corrected chi connectivity index (χ2v) is 6.88. The van der Waals surface area contributed by atoms with Gasteiger partial charge in [0.05, 0.1) is 4.88 Å². The predicted octanol–water partition coefficient (Wildman–Crippen LogP) is 3.18. The highest BCUT2D eigenvalue weighted by molar-refractivity contribution is 7.27. The number of fused-ring (bicyclic) bond motifs is 1. The van der Waals surface area contributed by atoms with E-state index in [2.05, 4.69) is 23.7 Å². The standard InChI is InChI=1S/C14H18N2OS2/c1-2-16(10-4-3-6-15-9-10)14(17)13-8-12-11(19-13)5-7-18-12/h5,7-8,10,15H,2-4,6,9H2,1H3. The highest BCUT2D eigenvalue weighted by atomic mass is 32.1. The van der Waals surface area contributed by atoms with Crippen molar-refractivity contribution in [1.82, 2.24) is 10.2 Å². The van der Waals surface area contributed by atoms with Crippen LogP contribution >= 0.6 is 22.7 Å². The normalized spacial score (nSPS) is 19.7. The summed E-state index contributed by atoms with van der Waals surface area (Å²) in [6.45, 7) is 4.87. The van der Waals surface area contributed by atoms with Crippen LogP contribution < -0.4 is 5.32 Å². The predicted molar refractivity (Wildman–Crippen MR) is 82.3 cm³/mol. The average Bonchev–Trinajstić information content (AvgIpc) is 3.01. The summed E-state index contributed by atoms with van der Waals surface area (Å²) < 4.78 is 2.46. The van der Waals surface area contributed by atoms with E-state index in [0.29, 0.717) is 6.04 Å². The lowest BCUT2D eigenvalue weighted by molar-refractivity contribution is 0.0667. The number of likely N-dealkylation sites (N-methyl/N-ethyl adjacent to an activating group) is 1. The largest absolute Gasteiger partial charge is 0.334 e. The third-order valence-corrected chi connectivity index (χ3v) is 5.74. The van der Waals surface area contributed by atoms with E-state index in [9.17, 15) is 4.79 Å². The number of hydrogen-bond donors (Lipinski definition) is 1. The first-order chi connectivity index (χ1) is 9.29. The molecular weight excluding hydrogens is 276 g/mol. The molecule has 3 heterocycles. The summed E-state index contributed by atoms with van der Waals surface area (Å²) in [5.41, 5.74) is 0. The number of thiophene rings is 2. The molecule has 1 fully saturated rings. The molecule has 1 N–H and O–H groups in total. The fourth-order valence-electron chi connectivity index (χ4n) is 2.68. The molecule has 19 heavy (non-hydrogen) atoms. The maximum absolute atomic E-state index is 12.7. The van der Waals surface area contributed by atoms with Gasteiger partial charge < -0.3 is 10.2 Å². The Bertz CT molecular complexity index is 540. The zero-order valence-electron chi connectivity index (χ0n) is 11.0. The zero-order chi connectivity index (χ0) is 13.2. The van der Waals surface area contributed by atoms with E-state index in [1.807, 2.05) is 11.0 Å². The number of carbonyl (C=O) groups is 1. The van der Waals surface area contributed by atoms with Gasteiger partial charge in [-0.1, -0.05) is 0 Å². The summed E-state index contributed by atoms with van der Waals surface area (Å²) in [5.74, 6) is 0.199. The molecular formula is C14H18N2OS2. The molecule has 1 aliphatic heterocycles. The highest BCUT2D eigenvalue weighted by Crippen LogP contribution is 2.31. The SMILES string of the molecule is CCN(C(=O)c1cc2sccc2s1)C1CCCNC1. The Morgan fingerprint density at radius 2 is 2.42 bits per heavy atom. The monoisotopic (exact) mass is 294 g/mol. The lowest BCUT2D eigenvalue weighted by Gasteiger charge is -2.33. The second-order valence-electron chi connectivity index (χ2n) is 4.85. The van der Waals surface area contributed by atoms with Crippen LogP contribution in [0.25, 0.3) is 9.40 Å². The average molecular weight is 294 g/mol. The van der Waals surface area contributed by atoms with Gasteiger partial charge >= 0.3 is 0 Å². The van der Waals surface area contributed by atoms with Crippen molar-refractivity contribution in [2.75, 3.05) is 19.6 Å². The number of piperidine rings is 1. The van der Waals surface area contributed by atoms with Crippen LogP contribution in [0.1, 0.15) is 29.4 Å². The highest BCUT2D eigenvalue weighted by Gasteiger charge is 2.26. The third kappa shape index (κ3) is 2.55. The van der Waals surface area contributed by atoms with Crippen LogP contribution in [0.3, 0.4) is 0 Å². The summed E-state index contributed by atoms with van der Waals surface area (Å²) in [7, 11) is 0. The molecule has 1 saturated heterocycles. The lowest BCUT2D eigenvalue weighted by Crippen LogP contribution is -2.48. The van der Waals surface area contributed by atoms with Crippen molar-refractivity contribution in [2.24, 2.45) is 0 Å². The van der Waals surface area contributed by atoms with E-state index < -0.39 is 0 Å². The molecule has 1 amide bonds. The van der Waals surface area contributed by atoms with Crippen molar-refractivity contribution in [2.45, 2.75) is 25.8 Å². The number of amides is 1. The minimum Gasteiger partial charge on any atom is -0.334 e. The number of nitrogens with one attached hydrogen (secondary N) is 1. The van der Waals surface area contributed by atoms with Crippen molar-refractivity contribution in [3.05, 3.63) is 22.4 Å². The fraction of sp³-hybridized carbons (Fsp3) is 0.500. The molecule has 2 aromatic heterocycles. The Labute approximate surface area is 121 Å². The summed E-state index contributed by atoms with van der Waals surface area (Å²) in [6, 6.07) is 4.50. The minimum atomic E-state index is 0.199. The number of carbonyl (C=O) groups excluding carboxylic acids is 1. The summed E-state index contributed by atoms with van der Waals surface area (Å²) in [6.07, 6.45) is 2.28. The van der Waals surface area contributed by atoms with Crippen LogP contribution in [0.4, 0.5) is 0 Å². The Balaban J connectivity index is 1.82. The first-order valence-corrected chi connectivity index (χ1v) is 8.48. The van der Waals surface area contributed by atoms with Gasteiger partial charge in [0, 0.05) is 28.5 Å². The number of hydrogen-bond acceptors (Lipinski definition) is 4. The van der Waals surface area contributed by atoms with Gasteiger partial charge in [0.25, 0.3) is 5.91 Å². The van der Waals surface area contributed by atoms with Crippen molar-refractivity contribution in [1.29, 1.82) is 0 Å². The Hall–Kier alpha value is -0.910. The van der Waals surface area contributed by atoms with Crippen molar-refractivity contribution in [3.63, 3.8) is 0 Å². The van der Waals surface area contributed by atoms with Gasteiger partial charge in [-0.3, -0.25) is 4.79 Å². The zero-order valence-corrected chi connectivity index (χ0v) is 12.6. The maximum atomic E-state index is 12.7. The molecule has 0 radical (unpaired) electrons. The van der Waals surface area contributed by atoms with E-state index in [1.54, 1.807) is 22.7 Å². The van der Waals surface area contributed by atoms with E-state index in [-0.39, 0.29) is 5.91 Å². The smallest absolute Gasteiger partial charge is 0.264 e. The summed E-state index contributed by atoms with van der Waals surface area (Å²) in [4.78, 5) is 15.6.